The summed E-state index contributed by atoms with van der Waals surface area (Å²) in [5, 5.41) is 6.67. The number of hydrogen-bond acceptors (Lipinski definition) is 3. The maximum atomic E-state index is 5.74. The molecule has 0 saturated heterocycles. The number of nitrogens with zero attached hydrogens (tertiary/aromatic N) is 2. The van der Waals surface area contributed by atoms with Gasteiger partial charge in [-0.3, -0.25) is 5.10 Å². The Hall–Kier alpha value is -2.30. The van der Waals surface area contributed by atoms with E-state index in [1.165, 1.54) is 0 Å². The van der Waals surface area contributed by atoms with E-state index < -0.39 is 0 Å². The number of nitrogens with one attached hydrogen (secondary N) is 2. The third kappa shape index (κ3) is 1.99. The van der Waals surface area contributed by atoms with Crippen LogP contribution in [0.25, 0.3) is 22.6 Å². The van der Waals surface area contributed by atoms with E-state index in [2.05, 4.69) is 20.2 Å². The van der Waals surface area contributed by atoms with Crippen molar-refractivity contribution in [3.05, 3.63) is 30.5 Å². The fourth-order valence-electron chi connectivity index (χ4n) is 1.56. The zero-order chi connectivity index (χ0) is 12.3. The molecule has 0 aliphatic rings. The van der Waals surface area contributed by atoms with E-state index in [4.69, 9.17) is 5.73 Å². The minimum Gasteiger partial charge on any atom is -0.396 e. The Balaban J connectivity index is 0.000000514. The predicted molar refractivity (Wildman–Crippen MR) is 69.4 cm³/mol. The number of hydrogen-bond donors (Lipinski definition) is 3. The Kier molecular flexibility index (Phi) is 3.09. The number of nitrogen functional groups attached to an aromatic ring is 1. The average Bonchev–Trinajstić information content (AvgIpc) is 2.96. The van der Waals surface area contributed by atoms with Crippen LogP contribution < -0.4 is 5.73 Å². The number of benzene rings is 1. The number of nitrogens with two attached hydrogens (primary N) is 1. The highest BCUT2D eigenvalue weighted by atomic mass is 15.1. The van der Waals surface area contributed by atoms with Crippen molar-refractivity contribution in [1.29, 1.82) is 0 Å². The molecule has 5 heteroatoms. The molecule has 0 unspecified atom stereocenters. The number of fused-ring (bicyclic) bond motifs is 1. The summed E-state index contributed by atoms with van der Waals surface area (Å²) in [6.45, 7) is 4.00. The number of imidazole rings is 1. The van der Waals surface area contributed by atoms with Crippen molar-refractivity contribution >= 4 is 16.7 Å². The molecule has 0 saturated carbocycles. The van der Waals surface area contributed by atoms with E-state index in [0.29, 0.717) is 11.5 Å². The van der Waals surface area contributed by atoms with Crippen LogP contribution in [0.15, 0.2) is 30.5 Å². The molecule has 3 rings (SSSR count). The van der Waals surface area contributed by atoms with E-state index in [0.717, 1.165) is 16.7 Å². The molecule has 2 heterocycles. The third-order valence-corrected chi connectivity index (χ3v) is 2.29. The Morgan fingerprint density at radius 1 is 1.18 bits per heavy atom. The summed E-state index contributed by atoms with van der Waals surface area (Å²) in [5.41, 5.74) is 8.97. The zero-order valence-corrected chi connectivity index (χ0v) is 9.86. The molecule has 0 spiro atoms. The first-order chi connectivity index (χ1) is 8.34. The van der Waals surface area contributed by atoms with E-state index in [9.17, 15) is 0 Å². The number of para-hydroxylation sites is 2. The SMILES string of the molecule is CC.Nc1cn[nH]c1-c1nc2ccccc2[nH]1. The first-order valence-corrected chi connectivity index (χ1v) is 5.58. The van der Waals surface area contributed by atoms with Gasteiger partial charge in [0.15, 0.2) is 5.82 Å². The van der Waals surface area contributed by atoms with Crippen molar-refractivity contribution < 1.29 is 0 Å². The predicted octanol–water partition coefficient (Wildman–Crippen LogP) is 2.56. The Labute approximate surface area is 99.1 Å². The first-order valence-electron chi connectivity index (χ1n) is 5.58. The monoisotopic (exact) mass is 229 g/mol. The highest BCUT2D eigenvalue weighted by Crippen LogP contribution is 2.22. The first kappa shape index (κ1) is 11.2. The molecule has 0 bridgehead atoms. The number of aromatic amines is 2. The minimum atomic E-state index is 0.592. The fraction of sp³-hybridized carbons (Fsp3) is 0.167. The molecule has 88 valence electrons. The van der Waals surface area contributed by atoms with Crippen molar-refractivity contribution in [3.63, 3.8) is 0 Å². The van der Waals surface area contributed by atoms with Gasteiger partial charge in [0.2, 0.25) is 0 Å². The van der Waals surface area contributed by atoms with Gasteiger partial charge in [-0.15, -0.1) is 0 Å². The van der Waals surface area contributed by atoms with E-state index in [1.807, 2.05) is 38.1 Å². The van der Waals surface area contributed by atoms with Crippen LogP contribution in [0.2, 0.25) is 0 Å². The lowest BCUT2D eigenvalue weighted by atomic mass is 10.3. The van der Waals surface area contributed by atoms with Gasteiger partial charge >= 0.3 is 0 Å². The third-order valence-electron chi connectivity index (χ3n) is 2.29. The number of aromatic nitrogens is 4. The smallest absolute Gasteiger partial charge is 0.158 e. The van der Waals surface area contributed by atoms with Gasteiger partial charge in [0.1, 0.15) is 5.69 Å². The van der Waals surface area contributed by atoms with Gasteiger partial charge < -0.3 is 10.7 Å². The number of rotatable bonds is 1. The lowest BCUT2D eigenvalue weighted by molar-refractivity contribution is 1.08. The Bertz CT molecular complexity index is 575. The molecule has 17 heavy (non-hydrogen) atoms. The number of H-pyrrole nitrogens is 2. The van der Waals surface area contributed by atoms with Crippen molar-refractivity contribution in [3.8, 4) is 11.5 Å². The van der Waals surface area contributed by atoms with Crippen molar-refractivity contribution in [2.75, 3.05) is 5.73 Å². The van der Waals surface area contributed by atoms with E-state index >= 15 is 0 Å². The average molecular weight is 229 g/mol. The van der Waals surface area contributed by atoms with Crippen LogP contribution in [0.3, 0.4) is 0 Å². The van der Waals surface area contributed by atoms with E-state index in [1.54, 1.807) is 6.20 Å². The molecular formula is C12H15N5. The van der Waals surface area contributed by atoms with Crippen LogP contribution in [0.5, 0.6) is 0 Å². The molecule has 0 aliphatic heterocycles. The lowest BCUT2D eigenvalue weighted by Crippen LogP contribution is -1.87. The standard InChI is InChI=1S/C10H9N5.C2H6/c11-6-5-12-15-9(6)10-13-7-3-1-2-4-8(7)14-10;1-2/h1-5H,11H2,(H,12,15)(H,13,14);1-2H3. The van der Waals surface area contributed by atoms with Gasteiger partial charge in [0.05, 0.1) is 22.9 Å². The van der Waals surface area contributed by atoms with Gasteiger partial charge in [0.25, 0.3) is 0 Å². The van der Waals surface area contributed by atoms with Crippen LogP contribution in [0.1, 0.15) is 13.8 Å². The maximum Gasteiger partial charge on any atom is 0.158 e. The summed E-state index contributed by atoms with van der Waals surface area (Å²) in [6, 6.07) is 7.82. The second-order valence-corrected chi connectivity index (χ2v) is 3.30. The quantitative estimate of drug-likeness (QED) is 0.599. The summed E-state index contributed by atoms with van der Waals surface area (Å²) < 4.78 is 0. The summed E-state index contributed by atoms with van der Waals surface area (Å²) in [5.74, 6) is 0.714. The Morgan fingerprint density at radius 2 is 1.94 bits per heavy atom. The molecule has 3 aromatic rings. The molecule has 4 N–H and O–H groups in total. The largest absolute Gasteiger partial charge is 0.396 e. The summed E-state index contributed by atoms with van der Waals surface area (Å²) in [6.07, 6.45) is 1.57. The van der Waals surface area contributed by atoms with Crippen molar-refractivity contribution in [2.24, 2.45) is 0 Å². The van der Waals surface area contributed by atoms with Crippen LogP contribution in [-0.2, 0) is 0 Å². The fourth-order valence-corrected chi connectivity index (χ4v) is 1.56. The molecule has 1 aromatic carbocycles. The molecule has 0 radical (unpaired) electrons. The highest BCUT2D eigenvalue weighted by molar-refractivity contribution is 5.80. The summed E-state index contributed by atoms with van der Waals surface area (Å²) in [7, 11) is 0. The van der Waals surface area contributed by atoms with E-state index in [-0.39, 0.29) is 0 Å². The maximum absolute atomic E-state index is 5.74. The minimum absolute atomic E-state index is 0.592. The Morgan fingerprint density at radius 3 is 2.59 bits per heavy atom. The van der Waals surface area contributed by atoms with Crippen LogP contribution in [0, 0.1) is 0 Å². The van der Waals surface area contributed by atoms with Gasteiger partial charge in [0, 0.05) is 0 Å². The van der Waals surface area contributed by atoms with Gasteiger partial charge in [-0.1, -0.05) is 26.0 Å². The normalized spacial score (nSPS) is 10.0. The summed E-state index contributed by atoms with van der Waals surface area (Å²) >= 11 is 0. The van der Waals surface area contributed by atoms with Crippen LogP contribution >= 0.6 is 0 Å². The zero-order valence-electron chi connectivity index (χ0n) is 9.86. The van der Waals surface area contributed by atoms with Crippen molar-refractivity contribution in [1.82, 2.24) is 20.2 Å². The molecule has 5 nitrogen and oxygen atoms in total. The van der Waals surface area contributed by atoms with Crippen LogP contribution in [0.4, 0.5) is 5.69 Å². The van der Waals surface area contributed by atoms with Crippen molar-refractivity contribution in [2.45, 2.75) is 13.8 Å². The topological polar surface area (TPSA) is 83.4 Å². The van der Waals surface area contributed by atoms with Gasteiger partial charge in [-0.05, 0) is 12.1 Å². The molecule has 0 aliphatic carbocycles. The summed E-state index contributed by atoms with van der Waals surface area (Å²) in [4.78, 5) is 7.59. The highest BCUT2D eigenvalue weighted by Gasteiger charge is 2.09. The molecule has 0 atom stereocenters. The lowest BCUT2D eigenvalue weighted by Gasteiger charge is -1.91. The molecule has 0 amide bonds. The molecule has 0 fully saturated rings. The molecular weight excluding hydrogens is 214 g/mol. The second kappa shape index (κ2) is 4.69. The number of anilines is 1. The van der Waals surface area contributed by atoms with Gasteiger partial charge in [-0.25, -0.2) is 4.98 Å². The van der Waals surface area contributed by atoms with Crippen LogP contribution in [-0.4, -0.2) is 20.2 Å². The second-order valence-electron chi connectivity index (χ2n) is 3.30. The van der Waals surface area contributed by atoms with Gasteiger partial charge in [-0.2, -0.15) is 5.10 Å². The molecule has 2 aromatic heterocycles.